The number of rotatable bonds is 16. The molecule has 0 radical (unpaired) electrons. The highest BCUT2D eigenvalue weighted by molar-refractivity contribution is 7.88. The predicted molar refractivity (Wildman–Crippen MR) is 302 cm³/mol. The lowest BCUT2D eigenvalue weighted by Gasteiger charge is -2.45. The number of aryl methyl sites for hydroxylation is 1. The van der Waals surface area contributed by atoms with Crippen molar-refractivity contribution in [3.05, 3.63) is 94.0 Å². The van der Waals surface area contributed by atoms with Gasteiger partial charge >= 0.3 is 18.0 Å². The van der Waals surface area contributed by atoms with Gasteiger partial charge in [-0.15, -0.1) is 11.3 Å². The second kappa shape index (κ2) is 23.1. The van der Waals surface area contributed by atoms with Gasteiger partial charge in [-0.1, -0.05) is 35.9 Å². The largest absolute Gasteiger partial charge is 0.479 e. The third-order valence-electron chi connectivity index (χ3n) is 14.0. The first kappa shape index (κ1) is 57.0. The maximum atomic E-state index is 14.1. The minimum atomic E-state index is -3.78. The van der Waals surface area contributed by atoms with Crippen LogP contribution in [0.1, 0.15) is 127 Å². The van der Waals surface area contributed by atoms with Crippen molar-refractivity contribution in [2.45, 2.75) is 142 Å². The van der Waals surface area contributed by atoms with E-state index in [1.54, 1.807) is 70.1 Å². The van der Waals surface area contributed by atoms with Crippen LogP contribution in [0.15, 0.2) is 72.9 Å². The number of imide groups is 1. The molecule has 414 valence electrons. The summed E-state index contributed by atoms with van der Waals surface area (Å²) in [5.41, 5.74) is 3.47. The van der Waals surface area contributed by atoms with E-state index in [-0.39, 0.29) is 45.3 Å². The summed E-state index contributed by atoms with van der Waals surface area (Å²) in [7, 11) is -3.78. The number of anilines is 3. The van der Waals surface area contributed by atoms with Crippen molar-refractivity contribution in [3.63, 3.8) is 0 Å². The van der Waals surface area contributed by atoms with Crippen LogP contribution in [0, 0.1) is 12.8 Å². The number of carbonyl (C=O) groups is 5. The number of hydrogen-bond acceptors (Lipinski definition) is 13. The highest BCUT2D eigenvalue weighted by Crippen LogP contribution is 2.47. The van der Waals surface area contributed by atoms with Gasteiger partial charge in [0.2, 0.25) is 21.8 Å². The highest BCUT2D eigenvalue weighted by atomic mass is 35.5. The van der Waals surface area contributed by atoms with Crippen molar-refractivity contribution in [3.8, 4) is 16.2 Å². The second-order valence-corrected chi connectivity index (χ2v) is 26.3. The van der Waals surface area contributed by atoms with Gasteiger partial charge in [-0.3, -0.25) is 14.9 Å². The Morgan fingerprint density at radius 3 is 2.30 bits per heavy atom. The van der Waals surface area contributed by atoms with E-state index in [1.165, 1.54) is 0 Å². The van der Waals surface area contributed by atoms with Crippen LogP contribution >= 0.6 is 22.9 Å². The van der Waals surface area contributed by atoms with Crippen LogP contribution in [0.4, 0.5) is 21.9 Å². The Hall–Kier alpha value is -6.15. The van der Waals surface area contributed by atoms with E-state index >= 15 is 0 Å². The summed E-state index contributed by atoms with van der Waals surface area (Å²) in [5, 5.41) is 13.2. The molecule has 2 atom stereocenters. The number of amides is 4. The number of urea groups is 1. The molecular weight excluding hydrogens is 1040 g/mol. The average molecular weight is 1110 g/mol. The molecule has 5 heterocycles. The fourth-order valence-electron chi connectivity index (χ4n) is 10.6. The van der Waals surface area contributed by atoms with Gasteiger partial charge in [0, 0.05) is 78.3 Å². The van der Waals surface area contributed by atoms with E-state index < -0.39 is 51.4 Å². The molecule has 3 aliphatic heterocycles. The number of ether oxygens (including phenoxy) is 3. The van der Waals surface area contributed by atoms with Gasteiger partial charge in [-0.2, -0.15) is 4.31 Å². The quantitative estimate of drug-likeness (QED) is 0.0538. The summed E-state index contributed by atoms with van der Waals surface area (Å²) in [6, 6.07) is 20.0. The summed E-state index contributed by atoms with van der Waals surface area (Å²) >= 11 is 8.03. The Morgan fingerprint density at radius 1 is 0.883 bits per heavy atom. The van der Waals surface area contributed by atoms with Gasteiger partial charge in [0.25, 0.3) is 0 Å². The van der Waals surface area contributed by atoms with Crippen molar-refractivity contribution >= 4 is 90.7 Å². The molecule has 3 aliphatic rings. The van der Waals surface area contributed by atoms with Gasteiger partial charge in [0.05, 0.1) is 10.6 Å². The number of thiophene rings is 1. The fourth-order valence-corrected chi connectivity index (χ4v) is 14.0. The van der Waals surface area contributed by atoms with Crippen LogP contribution in [0.25, 0.3) is 21.3 Å². The van der Waals surface area contributed by atoms with E-state index in [9.17, 15) is 32.4 Å². The van der Waals surface area contributed by atoms with Gasteiger partial charge < -0.3 is 39.6 Å². The first-order valence-electron chi connectivity index (χ1n) is 26.3. The molecule has 1 unspecified atom stereocenters. The van der Waals surface area contributed by atoms with Gasteiger partial charge in [-0.25, -0.2) is 22.8 Å². The third-order valence-corrected chi connectivity index (χ3v) is 17.7. The third kappa shape index (κ3) is 14.3. The number of halogens is 1. The smallest absolute Gasteiger partial charge is 0.352 e. The minimum absolute atomic E-state index is 0.0374. The average Bonchev–Trinajstić information content (AvgIpc) is 3.88. The number of fused-ring (bicyclic) bond motifs is 1. The number of esters is 2. The van der Waals surface area contributed by atoms with Crippen molar-refractivity contribution in [1.82, 2.24) is 19.5 Å². The number of benzene rings is 3. The van der Waals surface area contributed by atoms with Crippen LogP contribution in [0.5, 0.6) is 5.75 Å². The van der Waals surface area contributed by atoms with Crippen LogP contribution in [0.3, 0.4) is 0 Å². The molecule has 20 heteroatoms. The summed E-state index contributed by atoms with van der Waals surface area (Å²) in [4.78, 5) is 66.5. The molecule has 3 fully saturated rings. The maximum Gasteiger partial charge on any atom is 0.352 e. The first-order chi connectivity index (χ1) is 36.2. The topological polar surface area (TPSA) is 207 Å². The van der Waals surface area contributed by atoms with Gasteiger partial charge in [0.15, 0.2) is 17.2 Å². The molecular formula is C57H72ClN7O10S2. The summed E-state index contributed by atoms with van der Waals surface area (Å²) in [6.45, 7) is 18.5. The molecule has 0 bridgehead atoms. The second-order valence-electron chi connectivity index (χ2n) is 23.0. The van der Waals surface area contributed by atoms with Crippen LogP contribution < -0.4 is 30.9 Å². The standard InChI is InChI=1S/C57H72ClN7O10S2/c1-35-32-64(45-18-19-46(66)62-52(45)68)44-17-16-42(30-43(35)44)63-25-21-36(22-26-63)20-24-59-54(70)61-39-14-10-12-37(28-39)34-77(71,72)65-27-23-41(31-57(65,8)9)60-40-15-11-13-38(29-40)50-48(58)49(73-33-47(67)74-55(2,3)4)51(76-50)53(69)75-56(5,6)7/h10-17,28-30,32,36,41,45,60H,18-27,31,33-34H2,1-9H3,(H2,59,61,70)(H,62,66,68)/t41-,45?/m0/s1. The number of piperidine rings is 3. The molecule has 77 heavy (non-hydrogen) atoms. The number of aromatic nitrogens is 1. The Balaban J connectivity index is 0.810. The SMILES string of the molecule is Cc1cn(C2CCC(=O)NC2=O)c2ccc(N3CCC(CCNC(=O)Nc4cccc(CS(=O)(=O)N5CC[C@H](Nc6cccc(-c7sc(C(=O)OC(C)(C)C)c(OCC(=O)OC(C)(C)C)c7Cl)c6)CC5(C)C)c4)CC3)cc12. The first-order valence-corrected chi connectivity index (χ1v) is 29.1. The molecule has 3 aromatic carbocycles. The Kier molecular flexibility index (Phi) is 17.1. The van der Waals surface area contributed by atoms with Crippen LogP contribution in [-0.2, 0) is 39.6 Å². The fraction of sp³-hybridized carbons (Fsp3) is 0.491. The Labute approximate surface area is 460 Å². The predicted octanol–water partition coefficient (Wildman–Crippen LogP) is 10.6. The molecule has 17 nitrogen and oxygen atoms in total. The van der Waals surface area contributed by atoms with Crippen molar-refractivity contribution < 1.29 is 46.6 Å². The van der Waals surface area contributed by atoms with Gasteiger partial charge in [-0.05, 0) is 166 Å². The van der Waals surface area contributed by atoms with Crippen molar-refractivity contribution in [2.75, 3.05) is 48.3 Å². The normalized spacial score (nSPS) is 18.6. The molecule has 3 saturated heterocycles. The van der Waals surface area contributed by atoms with Crippen molar-refractivity contribution in [1.29, 1.82) is 0 Å². The maximum absolute atomic E-state index is 14.1. The van der Waals surface area contributed by atoms with E-state index in [1.807, 2.05) is 55.8 Å². The number of nitrogens with zero attached hydrogens (tertiary/aromatic N) is 3. The van der Waals surface area contributed by atoms with E-state index in [4.69, 9.17) is 25.8 Å². The molecule has 2 aromatic heterocycles. The number of nitrogens with one attached hydrogen (secondary N) is 4. The monoisotopic (exact) mass is 1110 g/mol. The van der Waals surface area contributed by atoms with Crippen LogP contribution in [0.2, 0.25) is 5.02 Å². The summed E-state index contributed by atoms with van der Waals surface area (Å²) in [6.07, 6.45) is 6.68. The van der Waals surface area contributed by atoms with Crippen LogP contribution in [-0.4, -0.2) is 103 Å². The zero-order valence-corrected chi connectivity index (χ0v) is 47.9. The molecule has 0 saturated carbocycles. The summed E-state index contributed by atoms with van der Waals surface area (Å²) in [5.74, 6) is -1.48. The zero-order chi connectivity index (χ0) is 55.6. The zero-order valence-electron chi connectivity index (χ0n) is 45.5. The van der Waals surface area contributed by atoms with Gasteiger partial charge in [0.1, 0.15) is 22.3 Å². The molecule has 4 amide bonds. The lowest BCUT2D eigenvalue weighted by molar-refractivity contribution is -0.157. The Bertz CT molecular complexity index is 3150. The number of sulfonamides is 1. The van der Waals surface area contributed by atoms with E-state index in [2.05, 4.69) is 44.4 Å². The number of carbonyl (C=O) groups excluding carboxylic acids is 5. The highest BCUT2D eigenvalue weighted by Gasteiger charge is 2.42. The molecule has 8 rings (SSSR count). The lowest BCUT2D eigenvalue weighted by atomic mass is 9.89. The lowest BCUT2D eigenvalue weighted by Crippen LogP contribution is -2.55. The van der Waals surface area contributed by atoms with Crippen molar-refractivity contribution in [2.24, 2.45) is 5.92 Å². The summed E-state index contributed by atoms with van der Waals surface area (Å²) < 4.78 is 48.8. The molecule has 0 spiro atoms. The Morgan fingerprint density at radius 2 is 1.60 bits per heavy atom. The van der Waals surface area contributed by atoms with E-state index in [0.29, 0.717) is 66.4 Å². The molecule has 0 aliphatic carbocycles. The molecule has 4 N–H and O–H groups in total. The minimum Gasteiger partial charge on any atom is -0.479 e. The molecule has 5 aromatic rings. The number of hydrogen-bond donors (Lipinski definition) is 4. The van der Waals surface area contributed by atoms with E-state index in [0.717, 1.165) is 71.5 Å².